The molecule has 0 bridgehead atoms. The molecule has 0 heterocycles. The fraction of sp³-hybridized carbons (Fsp3) is 0.462. The molecule has 2 aliphatic carbocycles. The maximum Gasteiger partial charge on any atom is 0.317 e. The minimum atomic E-state index is -0.808. The average Bonchev–Trinajstić information content (AvgIpc) is 2.75. The minimum Gasteiger partial charge on any atom is -0.733 e. The van der Waals surface area contributed by atoms with Crippen molar-refractivity contribution < 1.29 is 19.5 Å². The normalized spacial score (nSPS) is 27.0. The van der Waals surface area contributed by atoms with Crippen molar-refractivity contribution in [3.63, 3.8) is 0 Å². The first-order valence-corrected chi connectivity index (χ1v) is 11.2. The van der Waals surface area contributed by atoms with Gasteiger partial charge in [-0.15, -0.1) is 0 Å². The van der Waals surface area contributed by atoms with Crippen LogP contribution >= 0.6 is 0 Å². The van der Waals surface area contributed by atoms with Crippen LogP contribution in [0, 0.1) is 16.5 Å². The third-order valence-corrected chi connectivity index (χ3v) is 7.68. The Morgan fingerprint density at radius 2 is 1.84 bits per heavy atom. The first-order valence-electron chi connectivity index (χ1n) is 11.2. The van der Waals surface area contributed by atoms with E-state index in [0.29, 0.717) is 24.5 Å². The number of anilines is 1. The number of nitrogens with zero attached hydrogens (tertiary/aromatic N) is 1. The van der Waals surface area contributed by atoms with Crippen molar-refractivity contribution in [1.29, 1.82) is 0 Å². The van der Waals surface area contributed by atoms with Gasteiger partial charge in [0.25, 0.3) is 0 Å². The number of hydrogen-bond acceptors (Lipinski definition) is 6. The van der Waals surface area contributed by atoms with Crippen molar-refractivity contribution >= 4 is 17.4 Å². The Kier molecular flexibility index (Phi) is 5.63. The number of ether oxygens (including phenoxy) is 1. The lowest BCUT2D eigenvalue weighted by atomic mass is 9.49. The SMILES string of the molecule is CC(C)c1ccc2c(c1)C(=O)CC1C(C)(C(=O)Oc3ccc(N([O-])O)cc3)CCCC21C. The number of Topliss-reactive ketones (excluding diaryl/α,β-unsaturated/α-hetero) is 1. The van der Waals surface area contributed by atoms with Crippen LogP contribution < -0.4 is 9.96 Å². The van der Waals surface area contributed by atoms with Crippen molar-refractivity contribution in [2.45, 2.75) is 64.7 Å². The van der Waals surface area contributed by atoms with Crippen molar-refractivity contribution in [3.8, 4) is 5.75 Å². The van der Waals surface area contributed by atoms with Gasteiger partial charge in [0.1, 0.15) is 5.75 Å². The number of ketones is 1. The summed E-state index contributed by atoms with van der Waals surface area (Å²) in [5.41, 5.74) is 1.96. The minimum absolute atomic E-state index is 0.0523. The molecule has 1 fully saturated rings. The first kappa shape index (κ1) is 22.5. The molecule has 0 saturated heterocycles. The Labute approximate surface area is 188 Å². The lowest BCUT2D eigenvalue weighted by Crippen LogP contribution is -2.54. The van der Waals surface area contributed by atoms with Crippen LogP contribution in [0.4, 0.5) is 5.69 Å². The highest BCUT2D eigenvalue weighted by Crippen LogP contribution is 2.57. The third kappa shape index (κ3) is 3.61. The van der Waals surface area contributed by atoms with Crippen LogP contribution in [0.25, 0.3) is 0 Å². The van der Waals surface area contributed by atoms with E-state index in [1.807, 2.05) is 13.0 Å². The number of carbonyl (C=O) groups excluding carboxylic acids is 2. The van der Waals surface area contributed by atoms with E-state index in [-0.39, 0.29) is 34.0 Å². The largest absolute Gasteiger partial charge is 0.733 e. The number of carbonyl (C=O) groups is 2. The quantitative estimate of drug-likeness (QED) is 0.372. The van der Waals surface area contributed by atoms with E-state index in [1.165, 1.54) is 24.3 Å². The average molecular weight is 437 g/mol. The molecule has 170 valence electrons. The lowest BCUT2D eigenvalue weighted by Gasteiger charge is -2.53. The molecular weight excluding hydrogens is 406 g/mol. The van der Waals surface area contributed by atoms with Crippen LogP contribution in [0.1, 0.15) is 80.8 Å². The van der Waals surface area contributed by atoms with Gasteiger partial charge in [0.05, 0.1) is 11.1 Å². The van der Waals surface area contributed by atoms with Crippen molar-refractivity contribution in [2.75, 3.05) is 5.23 Å². The number of benzene rings is 2. The van der Waals surface area contributed by atoms with E-state index < -0.39 is 5.41 Å². The Morgan fingerprint density at radius 1 is 1.16 bits per heavy atom. The number of fused-ring (bicyclic) bond motifs is 3. The van der Waals surface area contributed by atoms with E-state index >= 15 is 0 Å². The van der Waals surface area contributed by atoms with E-state index in [1.54, 1.807) is 0 Å². The number of rotatable bonds is 4. The molecule has 6 nitrogen and oxygen atoms in total. The highest BCUT2D eigenvalue weighted by molar-refractivity contribution is 6.00. The van der Waals surface area contributed by atoms with Gasteiger partial charge in [0.15, 0.2) is 5.78 Å². The summed E-state index contributed by atoms with van der Waals surface area (Å²) in [6.45, 7) is 8.34. The molecule has 0 aliphatic heterocycles. The Balaban J connectivity index is 1.66. The van der Waals surface area contributed by atoms with Crippen molar-refractivity contribution in [2.24, 2.45) is 11.3 Å². The zero-order valence-corrected chi connectivity index (χ0v) is 19.1. The summed E-state index contributed by atoms with van der Waals surface area (Å²) in [6, 6.07) is 12.0. The van der Waals surface area contributed by atoms with E-state index in [0.717, 1.165) is 29.5 Å². The molecule has 2 aliphatic rings. The van der Waals surface area contributed by atoms with Crippen molar-refractivity contribution in [3.05, 3.63) is 64.4 Å². The van der Waals surface area contributed by atoms with Crippen LogP contribution in [0.15, 0.2) is 42.5 Å². The summed E-state index contributed by atoms with van der Waals surface area (Å²) in [4.78, 5) is 26.6. The predicted octanol–water partition coefficient (Wildman–Crippen LogP) is 5.76. The zero-order valence-electron chi connectivity index (χ0n) is 19.1. The molecule has 2 aromatic carbocycles. The lowest BCUT2D eigenvalue weighted by molar-refractivity contribution is -0.153. The fourth-order valence-corrected chi connectivity index (χ4v) is 5.70. The molecule has 0 amide bonds. The van der Waals surface area contributed by atoms with Gasteiger partial charge < -0.3 is 15.2 Å². The highest BCUT2D eigenvalue weighted by atomic mass is 16.8. The third-order valence-electron chi connectivity index (χ3n) is 7.68. The summed E-state index contributed by atoms with van der Waals surface area (Å²) in [7, 11) is 0. The Bertz CT molecular complexity index is 1040. The predicted molar refractivity (Wildman–Crippen MR) is 122 cm³/mol. The van der Waals surface area contributed by atoms with Crippen LogP contribution in [-0.4, -0.2) is 17.0 Å². The zero-order chi connectivity index (χ0) is 23.3. The molecule has 3 atom stereocenters. The smallest absolute Gasteiger partial charge is 0.317 e. The standard InChI is InChI=1S/C26H30NO5/c1-16(2)17-6-11-21-20(14-17)22(28)15-23-25(21,3)12-5-13-26(23,4)24(29)32-19-9-7-18(8-10-19)27(30)31/h6-11,14,16,23,30H,5,12-13,15H2,1-4H3/q-1. The Morgan fingerprint density at radius 3 is 2.47 bits per heavy atom. The monoisotopic (exact) mass is 436 g/mol. The molecule has 32 heavy (non-hydrogen) atoms. The molecule has 4 rings (SSSR count). The molecule has 6 heteroatoms. The first-order chi connectivity index (χ1) is 15.1. The highest BCUT2D eigenvalue weighted by Gasteiger charge is 2.57. The molecule has 3 unspecified atom stereocenters. The van der Waals surface area contributed by atoms with Gasteiger partial charge in [0.2, 0.25) is 0 Å². The maximum atomic E-state index is 13.4. The summed E-state index contributed by atoms with van der Waals surface area (Å²) >= 11 is 0. The number of hydrogen-bond donors (Lipinski definition) is 1. The van der Waals surface area contributed by atoms with Gasteiger partial charge in [0, 0.05) is 12.0 Å². The number of esters is 1. The van der Waals surface area contributed by atoms with E-state index in [2.05, 4.69) is 32.9 Å². The van der Waals surface area contributed by atoms with Crippen LogP contribution in [-0.2, 0) is 10.2 Å². The van der Waals surface area contributed by atoms with Gasteiger partial charge in [-0.3, -0.25) is 14.8 Å². The van der Waals surface area contributed by atoms with Gasteiger partial charge in [-0.1, -0.05) is 39.3 Å². The van der Waals surface area contributed by atoms with Crippen LogP contribution in [0.2, 0.25) is 0 Å². The second-order valence-electron chi connectivity index (χ2n) is 9.98. The molecular formula is C26H30NO5-. The Hall–Kier alpha value is -2.70. The molecule has 2 aromatic rings. The summed E-state index contributed by atoms with van der Waals surface area (Å²) in [5, 5.41) is 19.7. The van der Waals surface area contributed by atoms with Crippen molar-refractivity contribution in [1.82, 2.24) is 0 Å². The second kappa shape index (κ2) is 8.01. The summed E-state index contributed by atoms with van der Waals surface area (Å²) < 4.78 is 5.71. The van der Waals surface area contributed by atoms with Gasteiger partial charge in [-0.25, -0.2) is 0 Å². The molecule has 0 radical (unpaired) electrons. The molecule has 0 spiro atoms. The van der Waals surface area contributed by atoms with Crippen LogP contribution in [0.3, 0.4) is 0 Å². The van der Waals surface area contributed by atoms with Gasteiger partial charge in [-0.2, -0.15) is 0 Å². The summed E-state index contributed by atoms with van der Waals surface area (Å²) in [5.74, 6) is 0.220. The molecule has 1 N–H and O–H groups in total. The van der Waals surface area contributed by atoms with Gasteiger partial charge >= 0.3 is 5.97 Å². The topological polar surface area (TPSA) is 89.9 Å². The second-order valence-corrected chi connectivity index (χ2v) is 9.98. The van der Waals surface area contributed by atoms with E-state index in [4.69, 9.17) is 9.94 Å². The fourth-order valence-electron chi connectivity index (χ4n) is 5.70. The van der Waals surface area contributed by atoms with Crippen LogP contribution in [0.5, 0.6) is 5.75 Å². The molecule has 0 aromatic heterocycles. The van der Waals surface area contributed by atoms with E-state index in [9.17, 15) is 14.8 Å². The summed E-state index contributed by atoms with van der Waals surface area (Å²) in [6.07, 6.45) is 2.77. The van der Waals surface area contributed by atoms with Gasteiger partial charge in [-0.05, 0) is 78.5 Å². The molecule has 1 saturated carbocycles. The maximum absolute atomic E-state index is 13.4.